The highest BCUT2D eigenvalue weighted by Crippen LogP contribution is 2.35. The second kappa shape index (κ2) is 6.87. The van der Waals surface area contributed by atoms with Crippen LogP contribution in [0, 0.1) is 0 Å². The molecule has 1 atom stereocenters. The smallest absolute Gasteiger partial charge is 0.135 e. The van der Waals surface area contributed by atoms with Crippen LogP contribution in [0.2, 0.25) is 0 Å². The largest absolute Gasteiger partial charge is 0.497 e. The Kier molecular flexibility index (Phi) is 4.67. The normalized spacial score (nSPS) is 18.0. The topological polar surface area (TPSA) is 46.6 Å². The molecule has 0 amide bonds. The van der Waals surface area contributed by atoms with E-state index in [9.17, 15) is 0 Å². The Morgan fingerprint density at radius 3 is 2.52 bits per heavy atom. The summed E-state index contributed by atoms with van der Waals surface area (Å²) in [5, 5.41) is 3.42. The van der Waals surface area contributed by atoms with Crippen molar-refractivity contribution in [1.29, 1.82) is 0 Å². The van der Waals surface area contributed by atoms with Crippen molar-refractivity contribution >= 4 is 11.5 Å². The Morgan fingerprint density at radius 1 is 1.17 bits per heavy atom. The van der Waals surface area contributed by atoms with E-state index in [4.69, 9.17) is 9.47 Å². The Balaban J connectivity index is 1.91. The van der Waals surface area contributed by atoms with Gasteiger partial charge < -0.3 is 14.8 Å². The van der Waals surface area contributed by atoms with Crippen molar-refractivity contribution in [2.75, 3.05) is 33.1 Å². The molecule has 1 unspecified atom stereocenters. The van der Waals surface area contributed by atoms with Crippen LogP contribution >= 0.6 is 0 Å². The summed E-state index contributed by atoms with van der Waals surface area (Å²) in [7, 11) is 5.47. The maximum atomic E-state index is 5.33. The number of likely N-dealkylation sites (tertiary alicyclic amines) is 1. The summed E-state index contributed by atoms with van der Waals surface area (Å²) in [5.41, 5.74) is 2.14. The molecule has 1 aromatic heterocycles. The maximum Gasteiger partial charge on any atom is 0.135 e. The van der Waals surface area contributed by atoms with Crippen molar-refractivity contribution in [2.24, 2.45) is 0 Å². The lowest BCUT2D eigenvalue weighted by Crippen LogP contribution is -2.18. The molecule has 1 N–H and O–H groups in total. The van der Waals surface area contributed by atoms with E-state index < -0.39 is 0 Å². The highest BCUT2D eigenvalue weighted by Gasteiger charge is 2.25. The van der Waals surface area contributed by atoms with Crippen molar-refractivity contribution in [3.05, 3.63) is 42.1 Å². The molecule has 1 aliphatic rings. The number of pyridine rings is 1. The van der Waals surface area contributed by atoms with Crippen LogP contribution in [0.3, 0.4) is 0 Å². The van der Waals surface area contributed by atoms with E-state index in [1.165, 1.54) is 12.0 Å². The van der Waals surface area contributed by atoms with Gasteiger partial charge in [0.2, 0.25) is 0 Å². The number of methoxy groups -OCH3 is 2. The van der Waals surface area contributed by atoms with Gasteiger partial charge in [-0.05, 0) is 32.5 Å². The molecular formula is C18H23N3O2. The number of hydrogen-bond acceptors (Lipinski definition) is 5. The predicted octanol–water partition coefficient (Wildman–Crippen LogP) is 3.61. The van der Waals surface area contributed by atoms with E-state index >= 15 is 0 Å². The molecular weight excluding hydrogens is 290 g/mol. The first-order valence-corrected chi connectivity index (χ1v) is 7.86. The van der Waals surface area contributed by atoms with Crippen LogP contribution in [-0.4, -0.2) is 37.7 Å². The molecule has 2 aromatic rings. The van der Waals surface area contributed by atoms with Crippen LogP contribution in [0.15, 0.2) is 36.5 Å². The van der Waals surface area contributed by atoms with Gasteiger partial charge in [0.25, 0.3) is 0 Å². The van der Waals surface area contributed by atoms with Gasteiger partial charge in [-0.25, -0.2) is 4.98 Å². The SMILES string of the molecule is COc1cc(Nc2ncccc2C2CCCN2C)cc(OC)c1. The van der Waals surface area contributed by atoms with E-state index in [-0.39, 0.29) is 0 Å². The zero-order chi connectivity index (χ0) is 16.2. The van der Waals surface area contributed by atoms with Gasteiger partial charge in [0, 0.05) is 41.7 Å². The van der Waals surface area contributed by atoms with Crippen LogP contribution in [0.5, 0.6) is 11.5 Å². The van der Waals surface area contributed by atoms with E-state index in [0.717, 1.165) is 36.0 Å². The predicted molar refractivity (Wildman–Crippen MR) is 91.7 cm³/mol. The third kappa shape index (κ3) is 3.40. The van der Waals surface area contributed by atoms with E-state index in [1.54, 1.807) is 14.2 Å². The molecule has 1 aliphatic heterocycles. The van der Waals surface area contributed by atoms with Gasteiger partial charge >= 0.3 is 0 Å². The first-order valence-electron chi connectivity index (χ1n) is 7.86. The second-order valence-electron chi connectivity index (χ2n) is 5.81. The van der Waals surface area contributed by atoms with Gasteiger partial charge in [-0.15, -0.1) is 0 Å². The van der Waals surface area contributed by atoms with Gasteiger partial charge in [0.1, 0.15) is 17.3 Å². The molecule has 0 saturated carbocycles. The summed E-state index contributed by atoms with van der Waals surface area (Å²) in [6, 6.07) is 10.3. The zero-order valence-electron chi connectivity index (χ0n) is 13.9. The average molecular weight is 313 g/mol. The van der Waals surface area contributed by atoms with Crippen LogP contribution < -0.4 is 14.8 Å². The van der Waals surface area contributed by atoms with Crippen molar-refractivity contribution < 1.29 is 9.47 Å². The van der Waals surface area contributed by atoms with Gasteiger partial charge in [-0.3, -0.25) is 4.90 Å². The van der Waals surface area contributed by atoms with Crippen molar-refractivity contribution in [1.82, 2.24) is 9.88 Å². The molecule has 5 nitrogen and oxygen atoms in total. The van der Waals surface area contributed by atoms with Crippen LogP contribution in [0.1, 0.15) is 24.4 Å². The fourth-order valence-electron chi connectivity index (χ4n) is 3.11. The van der Waals surface area contributed by atoms with Crippen LogP contribution in [0.4, 0.5) is 11.5 Å². The monoisotopic (exact) mass is 313 g/mol. The molecule has 23 heavy (non-hydrogen) atoms. The molecule has 2 heterocycles. The Labute approximate surface area is 137 Å². The lowest BCUT2D eigenvalue weighted by atomic mass is 10.1. The van der Waals surface area contributed by atoms with E-state index in [1.807, 2.05) is 30.5 Å². The maximum absolute atomic E-state index is 5.33. The summed E-state index contributed by atoms with van der Waals surface area (Å²) in [5.74, 6) is 2.39. The molecule has 1 saturated heterocycles. The number of benzene rings is 1. The third-order valence-corrected chi connectivity index (χ3v) is 4.33. The number of anilines is 2. The second-order valence-corrected chi connectivity index (χ2v) is 5.81. The third-order valence-electron chi connectivity index (χ3n) is 4.33. The lowest BCUT2D eigenvalue weighted by molar-refractivity contribution is 0.318. The van der Waals surface area contributed by atoms with E-state index in [0.29, 0.717) is 6.04 Å². The minimum absolute atomic E-state index is 0.415. The molecule has 122 valence electrons. The van der Waals surface area contributed by atoms with Gasteiger partial charge in [-0.2, -0.15) is 0 Å². The van der Waals surface area contributed by atoms with Crippen LogP contribution in [0.25, 0.3) is 0 Å². The standard InChI is InChI=1S/C18H23N3O2/c1-21-9-5-7-17(21)16-6-4-8-19-18(16)20-13-10-14(22-2)12-15(11-13)23-3/h4,6,8,10-12,17H,5,7,9H2,1-3H3,(H,19,20). The molecule has 1 aromatic carbocycles. The fourth-order valence-corrected chi connectivity index (χ4v) is 3.11. The average Bonchev–Trinajstić information content (AvgIpc) is 3.01. The zero-order valence-corrected chi connectivity index (χ0v) is 13.9. The van der Waals surface area contributed by atoms with Gasteiger partial charge in [0.15, 0.2) is 0 Å². The van der Waals surface area contributed by atoms with Crippen molar-refractivity contribution in [3.8, 4) is 11.5 Å². The van der Waals surface area contributed by atoms with Crippen molar-refractivity contribution in [3.63, 3.8) is 0 Å². The molecule has 5 heteroatoms. The highest BCUT2D eigenvalue weighted by atomic mass is 16.5. The number of nitrogens with zero attached hydrogens (tertiary/aromatic N) is 2. The summed E-state index contributed by atoms with van der Waals surface area (Å²) in [4.78, 5) is 6.93. The van der Waals surface area contributed by atoms with Gasteiger partial charge in [-0.1, -0.05) is 6.07 Å². The fraction of sp³-hybridized carbons (Fsp3) is 0.389. The van der Waals surface area contributed by atoms with Gasteiger partial charge in [0.05, 0.1) is 14.2 Å². The molecule has 0 aliphatic carbocycles. The minimum atomic E-state index is 0.415. The number of rotatable bonds is 5. The Hall–Kier alpha value is -2.27. The molecule has 3 rings (SSSR count). The van der Waals surface area contributed by atoms with E-state index in [2.05, 4.69) is 28.3 Å². The molecule has 0 spiro atoms. The Morgan fingerprint density at radius 2 is 1.91 bits per heavy atom. The number of nitrogens with one attached hydrogen (secondary N) is 1. The highest BCUT2D eigenvalue weighted by molar-refractivity contribution is 5.63. The molecule has 0 bridgehead atoms. The summed E-state index contributed by atoms with van der Waals surface area (Å²) in [6.07, 6.45) is 4.21. The number of aromatic nitrogens is 1. The summed E-state index contributed by atoms with van der Waals surface area (Å²) in [6.45, 7) is 1.13. The number of hydrogen-bond donors (Lipinski definition) is 1. The first-order chi connectivity index (χ1) is 11.2. The van der Waals surface area contributed by atoms with Crippen molar-refractivity contribution in [2.45, 2.75) is 18.9 Å². The lowest BCUT2D eigenvalue weighted by Gasteiger charge is -2.22. The first kappa shape index (κ1) is 15.6. The quantitative estimate of drug-likeness (QED) is 0.913. The molecule has 1 fully saturated rings. The molecule has 0 radical (unpaired) electrons. The summed E-state index contributed by atoms with van der Waals surface area (Å²) < 4.78 is 10.7. The number of ether oxygens (including phenoxy) is 2. The minimum Gasteiger partial charge on any atom is -0.497 e. The Bertz CT molecular complexity index is 653. The summed E-state index contributed by atoms with van der Waals surface area (Å²) >= 11 is 0. The van der Waals surface area contributed by atoms with Crippen LogP contribution in [-0.2, 0) is 0 Å².